The van der Waals surface area contributed by atoms with Gasteiger partial charge in [-0.15, -0.1) is 0 Å². The highest BCUT2D eigenvalue weighted by Crippen LogP contribution is 2.14. The number of methoxy groups -OCH3 is 1. The van der Waals surface area contributed by atoms with E-state index >= 15 is 0 Å². The van der Waals surface area contributed by atoms with Gasteiger partial charge < -0.3 is 9.64 Å². The minimum absolute atomic E-state index is 0.138. The summed E-state index contributed by atoms with van der Waals surface area (Å²) < 4.78 is 5.04. The fourth-order valence-electron chi connectivity index (χ4n) is 1.66. The minimum Gasteiger partial charge on any atom is -0.380 e. The molecular weight excluding hydrogens is 190 g/mol. The molecule has 0 radical (unpaired) electrons. The third-order valence-electron chi connectivity index (χ3n) is 2.63. The van der Waals surface area contributed by atoms with Crippen LogP contribution in [-0.4, -0.2) is 31.0 Å². The number of hydrogen-bond donors (Lipinski definition) is 0. The first-order valence-corrected chi connectivity index (χ1v) is 5.18. The van der Waals surface area contributed by atoms with E-state index in [4.69, 9.17) is 4.74 Å². The third-order valence-corrected chi connectivity index (χ3v) is 2.63. The van der Waals surface area contributed by atoms with Gasteiger partial charge in [0, 0.05) is 25.8 Å². The van der Waals surface area contributed by atoms with Crippen molar-refractivity contribution < 1.29 is 9.53 Å². The lowest BCUT2D eigenvalue weighted by atomic mass is 10.1. The van der Waals surface area contributed by atoms with Crippen LogP contribution in [0.2, 0.25) is 0 Å². The Hall–Kier alpha value is -1.35. The molecule has 3 heteroatoms. The molecule has 1 aromatic rings. The van der Waals surface area contributed by atoms with Gasteiger partial charge in [0.2, 0.25) is 0 Å². The summed E-state index contributed by atoms with van der Waals surface area (Å²) in [5.41, 5.74) is 1.81. The Morgan fingerprint density at radius 3 is 2.87 bits per heavy atom. The Kier molecular flexibility index (Phi) is 3.02. The van der Waals surface area contributed by atoms with E-state index in [1.54, 1.807) is 7.11 Å². The lowest BCUT2D eigenvalue weighted by molar-refractivity contribution is 0.0651. The van der Waals surface area contributed by atoms with Crippen molar-refractivity contribution in [3.8, 4) is 0 Å². The van der Waals surface area contributed by atoms with Crippen molar-refractivity contribution in [2.75, 3.05) is 20.2 Å². The number of ether oxygens (including phenoxy) is 1. The quantitative estimate of drug-likeness (QED) is 0.751. The molecule has 1 saturated heterocycles. The number of rotatable bonds is 3. The molecular formula is C12H15NO2. The smallest absolute Gasteiger partial charge is 0.253 e. The molecule has 1 aromatic carbocycles. The maximum Gasteiger partial charge on any atom is 0.253 e. The van der Waals surface area contributed by atoms with E-state index in [-0.39, 0.29) is 5.91 Å². The van der Waals surface area contributed by atoms with Crippen LogP contribution in [0.4, 0.5) is 0 Å². The van der Waals surface area contributed by atoms with E-state index in [0.717, 1.165) is 30.6 Å². The van der Waals surface area contributed by atoms with Crippen LogP contribution in [0.1, 0.15) is 22.3 Å². The summed E-state index contributed by atoms with van der Waals surface area (Å²) in [5.74, 6) is 0.138. The molecule has 0 unspecified atom stereocenters. The molecule has 15 heavy (non-hydrogen) atoms. The van der Waals surface area contributed by atoms with Crippen LogP contribution >= 0.6 is 0 Å². The lowest BCUT2D eigenvalue weighted by Gasteiger charge is -2.31. The van der Waals surface area contributed by atoms with Crippen molar-refractivity contribution in [1.82, 2.24) is 4.90 Å². The number of carbonyl (C=O) groups is 1. The van der Waals surface area contributed by atoms with E-state index in [2.05, 4.69) is 0 Å². The summed E-state index contributed by atoms with van der Waals surface area (Å²) in [6.45, 7) is 2.35. The minimum atomic E-state index is 0.138. The number of amides is 1. The Balaban J connectivity index is 2.12. The van der Waals surface area contributed by atoms with Crippen LogP contribution in [0.5, 0.6) is 0 Å². The summed E-state index contributed by atoms with van der Waals surface area (Å²) in [4.78, 5) is 13.7. The van der Waals surface area contributed by atoms with E-state index in [1.165, 1.54) is 0 Å². The average molecular weight is 205 g/mol. The van der Waals surface area contributed by atoms with Crippen LogP contribution in [0, 0.1) is 0 Å². The molecule has 0 aromatic heterocycles. The number of hydrogen-bond acceptors (Lipinski definition) is 2. The highest BCUT2D eigenvalue weighted by atomic mass is 16.5. The second kappa shape index (κ2) is 4.45. The van der Waals surface area contributed by atoms with Gasteiger partial charge in [-0.05, 0) is 24.1 Å². The van der Waals surface area contributed by atoms with E-state index in [0.29, 0.717) is 6.61 Å². The summed E-state index contributed by atoms with van der Waals surface area (Å²) in [7, 11) is 1.66. The average Bonchev–Trinajstić information content (AvgIpc) is 2.16. The number of likely N-dealkylation sites (tertiary alicyclic amines) is 1. The van der Waals surface area contributed by atoms with Crippen LogP contribution in [0.3, 0.4) is 0 Å². The standard InChI is InChI=1S/C12H15NO2/c1-15-9-10-4-2-5-11(8-10)12(14)13-6-3-7-13/h2,4-5,8H,3,6-7,9H2,1H3. The van der Waals surface area contributed by atoms with Crippen molar-refractivity contribution in [2.45, 2.75) is 13.0 Å². The van der Waals surface area contributed by atoms with Gasteiger partial charge in [0.25, 0.3) is 5.91 Å². The molecule has 0 saturated carbocycles. The summed E-state index contributed by atoms with van der Waals surface area (Å²) in [6.07, 6.45) is 1.13. The molecule has 1 aliphatic heterocycles. The van der Waals surface area contributed by atoms with Gasteiger partial charge >= 0.3 is 0 Å². The highest BCUT2D eigenvalue weighted by Gasteiger charge is 2.21. The zero-order chi connectivity index (χ0) is 10.7. The third kappa shape index (κ3) is 2.18. The first-order chi connectivity index (χ1) is 7.31. The van der Waals surface area contributed by atoms with Gasteiger partial charge in [-0.3, -0.25) is 4.79 Å². The Morgan fingerprint density at radius 1 is 1.47 bits per heavy atom. The van der Waals surface area contributed by atoms with Gasteiger partial charge in [0.05, 0.1) is 6.61 Å². The van der Waals surface area contributed by atoms with Crippen molar-refractivity contribution >= 4 is 5.91 Å². The van der Waals surface area contributed by atoms with Gasteiger partial charge in [0.1, 0.15) is 0 Å². The topological polar surface area (TPSA) is 29.5 Å². The largest absolute Gasteiger partial charge is 0.380 e. The normalized spacial score (nSPS) is 14.9. The Morgan fingerprint density at radius 2 is 2.27 bits per heavy atom. The second-order valence-electron chi connectivity index (χ2n) is 3.78. The molecule has 2 rings (SSSR count). The Bertz CT molecular complexity index is 358. The van der Waals surface area contributed by atoms with Crippen molar-refractivity contribution in [2.24, 2.45) is 0 Å². The molecule has 0 aliphatic carbocycles. The fraction of sp³-hybridized carbons (Fsp3) is 0.417. The van der Waals surface area contributed by atoms with Crippen LogP contribution in [-0.2, 0) is 11.3 Å². The molecule has 0 atom stereocenters. The SMILES string of the molecule is COCc1cccc(C(=O)N2CCC2)c1. The maximum absolute atomic E-state index is 11.9. The van der Waals surface area contributed by atoms with Gasteiger partial charge in [-0.25, -0.2) is 0 Å². The number of nitrogens with zero attached hydrogens (tertiary/aromatic N) is 1. The van der Waals surface area contributed by atoms with E-state index in [9.17, 15) is 4.79 Å². The maximum atomic E-state index is 11.9. The monoisotopic (exact) mass is 205 g/mol. The first-order valence-electron chi connectivity index (χ1n) is 5.18. The molecule has 80 valence electrons. The van der Waals surface area contributed by atoms with Crippen molar-refractivity contribution in [1.29, 1.82) is 0 Å². The predicted octanol–water partition coefficient (Wildman–Crippen LogP) is 1.68. The van der Waals surface area contributed by atoms with Gasteiger partial charge in [-0.2, -0.15) is 0 Å². The Labute approximate surface area is 89.7 Å². The van der Waals surface area contributed by atoms with Crippen molar-refractivity contribution in [3.63, 3.8) is 0 Å². The van der Waals surface area contributed by atoms with Gasteiger partial charge in [0.15, 0.2) is 0 Å². The van der Waals surface area contributed by atoms with Crippen LogP contribution in [0.15, 0.2) is 24.3 Å². The molecule has 1 aliphatic rings. The fourth-order valence-corrected chi connectivity index (χ4v) is 1.66. The molecule has 1 heterocycles. The zero-order valence-corrected chi connectivity index (χ0v) is 8.90. The molecule has 0 N–H and O–H groups in total. The van der Waals surface area contributed by atoms with E-state index in [1.807, 2.05) is 29.2 Å². The van der Waals surface area contributed by atoms with Crippen LogP contribution < -0.4 is 0 Å². The molecule has 1 fully saturated rings. The van der Waals surface area contributed by atoms with Gasteiger partial charge in [-0.1, -0.05) is 12.1 Å². The summed E-state index contributed by atoms with van der Waals surface area (Å²) in [5, 5.41) is 0. The van der Waals surface area contributed by atoms with E-state index < -0.39 is 0 Å². The number of benzene rings is 1. The summed E-state index contributed by atoms with van der Waals surface area (Å²) >= 11 is 0. The molecule has 1 amide bonds. The predicted molar refractivity (Wildman–Crippen MR) is 57.7 cm³/mol. The second-order valence-corrected chi connectivity index (χ2v) is 3.78. The summed E-state index contributed by atoms with van der Waals surface area (Å²) in [6, 6.07) is 7.64. The highest BCUT2D eigenvalue weighted by molar-refractivity contribution is 5.94. The molecule has 0 bridgehead atoms. The lowest BCUT2D eigenvalue weighted by Crippen LogP contribution is -2.42. The number of carbonyl (C=O) groups excluding carboxylic acids is 1. The molecule has 0 spiro atoms. The zero-order valence-electron chi connectivity index (χ0n) is 8.90. The van der Waals surface area contributed by atoms with Crippen LogP contribution in [0.25, 0.3) is 0 Å². The van der Waals surface area contributed by atoms with Crippen molar-refractivity contribution in [3.05, 3.63) is 35.4 Å². The molecule has 3 nitrogen and oxygen atoms in total. The first kappa shape index (κ1) is 10.2.